The molecule has 0 aromatic heterocycles. The third-order valence-corrected chi connectivity index (χ3v) is 4.19. The van der Waals surface area contributed by atoms with Crippen LogP contribution < -0.4 is 4.90 Å². The summed E-state index contributed by atoms with van der Waals surface area (Å²) in [4.78, 5) is 26.4. The molecule has 0 saturated carbocycles. The molecule has 5 nitrogen and oxygen atoms in total. The van der Waals surface area contributed by atoms with Crippen LogP contribution in [-0.2, 0) is 16.0 Å². The summed E-state index contributed by atoms with van der Waals surface area (Å²) in [6, 6.07) is 14.2. The van der Waals surface area contributed by atoms with Crippen LogP contribution in [0.15, 0.2) is 60.7 Å². The van der Waals surface area contributed by atoms with E-state index < -0.39 is 12.1 Å². The number of hydrogen-bond acceptors (Lipinski definition) is 5. The van der Waals surface area contributed by atoms with Crippen LogP contribution in [0.5, 0.6) is 0 Å². The van der Waals surface area contributed by atoms with Crippen LogP contribution >= 0.6 is 0 Å². The minimum atomic E-state index is -1.24. The van der Waals surface area contributed by atoms with Crippen LogP contribution in [0.25, 0.3) is 0 Å². The normalized spacial score (nSPS) is 11.6. The maximum Gasteiger partial charge on any atom is 0.333 e. The van der Waals surface area contributed by atoms with Crippen molar-refractivity contribution >= 4 is 17.4 Å². The third kappa shape index (κ3) is 5.28. The molecule has 0 amide bonds. The van der Waals surface area contributed by atoms with Crippen LogP contribution in [0.4, 0.5) is 5.69 Å². The highest BCUT2D eigenvalue weighted by Gasteiger charge is 2.22. The highest BCUT2D eigenvalue weighted by atomic mass is 16.5. The van der Waals surface area contributed by atoms with Gasteiger partial charge in [-0.25, -0.2) is 4.79 Å². The molecule has 0 bridgehead atoms. The van der Waals surface area contributed by atoms with Crippen LogP contribution in [-0.4, -0.2) is 37.6 Å². The minimum Gasteiger partial charge on any atom is -0.462 e. The lowest BCUT2D eigenvalue weighted by atomic mass is 9.94. The number of rotatable bonds is 8. The van der Waals surface area contributed by atoms with Gasteiger partial charge in [-0.2, -0.15) is 0 Å². The van der Waals surface area contributed by atoms with Gasteiger partial charge in [0.15, 0.2) is 5.78 Å². The van der Waals surface area contributed by atoms with Crippen molar-refractivity contribution in [3.05, 3.63) is 77.4 Å². The van der Waals surface area contributed by atoms with E-state index >= 15 is 0 Å². The maximum absolute atomic E-state index is 12.9. The van der Waals surface area contributed by atoms with E-state index in [4.69, 9.17) is 4.74 Å². The number of aliphatic hydroxyl groups excluding tert-OH is 1. The van der Waals surface area contributed by atoms with Crippen LogP contribution in [0.2, 0.25) is 0 Å². The number of hydrogen-bond donors (Lipinski definition) is 1. The van der Waals surface area contributed by atoms with Crippen molar-refractivity contribution in [3.63, 3.8) is 0 Å². The first-order chi connectivity index (χ1) is 12.8. The highest BCUT2D eigenvalue weighted by Crippen LogP contribution is 2.24. The van der Waals surface area contributed by atoms with Crippen molar-refractivity contribution in [2.45, 2.75) is 19.4 Å². The van der Waals surface area contributed by atoms with Gasteiger partial charge in [0.1, 0.15) is 6.10 Å². The Hall–Kier alpha value is -2.92. The Kier molecular flexibility index (Phi) is 6.91. The Balaban J connectivity index is 2.27. The Morgan fingerprint density at radius 3 is 2.41 bits per heavy atom. The van der Waals surface area contributed by atoms with Gasteiger partial charge in [0.25, 0.3) is 0 Å². The zero-order valence-electron chi connectivity index (χ0n) is 15.9. The molecule has 0 aliphatic rings. The Morgan fingerprint density at radius 1 is 1.15 bits per heavy atom. The molecule has 2 aromatic carbocycles. The van der Waals surface area contributed by atoms with Crippen molar-refractivity contribution < 1.29 is 19.4 Å². The second-order valence-electron chi connectivity index (χ2n) is 6.58. The number of nitrogens with zero attached hydrogens (tertiary/aromatic N) is 1. The lowest BCUT2D eigenvalue weighted by Gasteiger charge is -2.18. The monoisotopic (exact) mass is 367 g/mol. The van der Waals surface area contributed by atoms with E-state index in [1.807, 2.05) is 37.2 Å². The molecule has 2 rings (SSSR count). The van der Waals surface area contributed by atoms with Gasteiger partial charge in [-0.3, -0.25) is 4.79 Å². The average Bonchev–Trinajstić information content (AvgIpc) is 2.67. The molecular formula is C22H25NO4. The molecule has 0 aliphatic carbocycles. The van der Waals surface area contributed by atoms with Crippen LogP contribution in [0.3, 0.4) is 0 Å². The smallest absolute Gasteiger partial charge is 0.333 e. The molecule has 1 N–H and O–H groups in total. The van der Waals surface area contributed by atoms with Crippen LogP contribution in [0, 0.1) is 0 Å². The molecule has 1 atom stereocenters. The molecule has 0 saturated heterocycles. The van der Waals surface area contributed by atoms with E-state index in [1.165, 1.54) is 0 Å². The van der Waals surface area contributed by atoms with Crippen molar-refractivity contribution in [2.75, 3.05) is 25.6 Å². The first-order valence-corrected chi connectivity index (χ1v) is 8.71. The number of anilines is 1. The number of carbonyl (C=O) groups excluding carboxylic acids is 2. The summed E-state index contributed by atoms with van der Waals surface area (Å²) in [6.45, 7) is 5.26. The largest absolute Gasteiger partial charge is 0.462 e. The summed E-state index contributed by atoms with van der Waals surface area (Å²) in [5.41, 5.74) is 2.92. The number of ketones is 1. The average molecular weight is 367 g/mol. The standard InChI is InChI=1S/C22H25NO4/c1-15(2)22(26)27-13-12-17-14-18(23(3)4)10-11-19(17)21(25)20(24)16-8-6-5-7-9-16/h5-11,14,20,24H,1,12-13H2,2-4H3. The lowest BCUT2D eigenvalue weighted by Crippen LogP contribution is -2.17. The van der Waals surface area contributed by atoms with E-state index in [-0.39, 0.29) is 12.4 Å². The number of aliphatic hydroxyl groups is 1. The quantitative estimate of drug-likeness (QED) is 0.440. The summed E-state index contributed by atoms with van der Waals surface area (Å²) in [5.74, 6) is -0.844. The zero-order valence-corrected chi connectivity index (χ0v) is 15.9. The summed E-state index contributed by atoms with van der Waals surface area (Å²) in [6.07, 6.45) is -0.878. The van der Waals surface area contributed by atoms with E-state index in [1.54, 1.807) is 37.3 Å². The van der Waals surface area contributed by atoms with Crippen molar-refractivity contribution in [1.29, 1.82) is 0 Å². The van der Waals surface area contributed by atoms with E-state index in [0.29, 0.717) is 23.1 Å². The summed E-state index contributed by atoms with van der Waals surface area (Å²) < 4.78 is 5.16. The number of ether oxygens (including phenoxy) is 1. The molecule has 2 aromatic rings. The predicted octanol–water partition coefficient (Wildman–Crippen LogP) is 3.33. The number of esters is 1. The molecule has 0 radical (unpaired) electrons. The highest BCUT2D eigenvalue weighted by molar-refractivity contribution is 6.01. The fraction of sp³-hybridized carbons (Fsp3) is 0.273. The molecule has 0 aliphatic heterocycles. The topological polar surface area (TPSA) is 66.8 Å². The van der Waals surface area contributed by atoms with Crippen LogP contribution in [0.1, 0.15) is 34.5 Å². The number of carbonyl (C=O) groups is 2. The van der Waals surface area contributed by atoms with Gasteiger partial charge in [-0.15, -0.1) is 0 Å². The first kappa shape index (κ1) is 20.4. The summed E-state index contributed by atoms with van der Waals surface area (Å²) in [7, 11) is 3.81. The van der Waals surface area contributed by atoms with E-state index in [0.717, 1.165) is 11.3 Å². The molecule has 1 unspecified atom stereocenters. The Bertz CT molecular complexity index is 827. The molecular weight excluding hydrogens is 342 g/mol. The first-order valence-electron chi connectivity index (χ1n) is 8.71. The van der Waals surface area contributed by atoms with E-state index in [9.17, 15) is 14.7 Å². The molecule has 5 heteroatoms. The van der Waals surface area contributed by atoms with Gasteiger partial charge in [0, 0.05) is 37.3 Å². The summed E-state index contributed by atoms with van der Waals surface area (Å²) >= 11 is 0. The fourth-order valence-corrected chi connectivity index (χ4v) is 2.62. The molecule has 142 valence electrons. The maximum atomic E-state index is 12.9. The van der Waals surface area contributed by atoms with Gasteiger partial charge < -0.3 is 14.7 Å². The molecule has 0 spiro atoms. The predicted molar refractivity (Wildman–Crippen MR) is 106 cm³/mol. The van der Waals surface area contributed by atoms with E-state index in [2.05, 4.69) is 6.58 Å². The number of Topliss-reactive ketones (excluding diaryl/α,β-unsaturated/α-hetero) is 1. The minimum absolute atomic E-state index is 0.129. The van der Waals surface area contributed by atoms with Gasteiger partial charge in [0.05, 0.1) is 6.61 Å². The van der Waals surface area contributed by atoms with Gasteiger partial charge in [-0.05, 0) is 36.2 Å². The van der Waals surface area contributed by atoms with Crippen molar-refractivity contribution in [3.8, 4) is 0 Å². The zero-order chi connectivity index (χ0) is 20.0. The fourth-order valence-electron chi connectivity index (χ4n) is 2.62. The molecule has 0 fully saturated rings. The van der Waals surface area contributed by atoms with Crippen molar-refractivity contribution in [1.82, 2.24) is 0 Å². The molecule has 27 heavy (non-hydrogen) atoms. The number of benzene rings is 2. The van der Waals surface area contributed by atoms with Crippen molar-refractivity contribution in [2.24, 2.45) is 0 Å². The second-order valence-corrected chi connectivity index (χ2v) is 6.58. The second kappa shape index (κ2) is 9.14. The molecule has 0 heterocycles. The van der Waals surface area contributed by atoms with Gasteiger partial charge in [-0.1, -0.05) is 36.9 Å². The lowest BCUT2D eigenvalue weighted by molar-refractivity contribution is -0.138. The Morgan fingerprint density at radius 2 is 1.81 bits per heavy atom. The SMILES string of the molecule is C=C(C)C(=O)OCCc1cc(N(C)C)ccc1C(=O)C(O)c1ccccc1. The Labute approximate surface area is 159 Å². The van der Waals surface area contributed by atoms with Gasteiger partial charge >= 0.3 is 5.97 Å². The third-order valence-electron chi connectivity index (χ3n) is 4.19. The summed E-state index contributed by atoms with van der Waals surface area (Å²) in [5, 5.41) is 10.5. The van der Waals surface area contributed by atoms with Gasteiger partial charge in [0.2, 0.25) is 0 Å².